The van der Waals surface area contributed by atoms with Crippen LogP contribution in [-0.4, -0.2) is 29.0 Å². The molecule has 2 N–H and O–H groups in total. The third-order valence-corrected chi connectivity index (χ3v) is 3.11. The summed E-state index contributed by atoms with van der Waals surface area (Å²) in [5, 5.41) is 0. The van der Waals surface area contributed by atoms with Crippen molar-refractivity contribution < 1.29 is 0 Å². The van der Waals surface area contributed by atoms with E-state index < -0.39 is 0 Å². The van der Waals surface area contributed by atoms with Gasteiger partial charge < -0.3 is 5.73 Å². The molecular weight excluding hydrogens is 186 g/mol. The SMILES string of the molecule is CCCN1CCC(N)C1c1ccncc1. The molecule has 1 aromatic rings. The highest BCUT2D eigenvalue weighted by Crippen LogP contribution is 2.30. The minimum Gasteiger partial charge on any atom is -0.326 e. The van der Waals surface area contributed by atoms with Crippen molar-refractivity contribution in [2.24, 2.45) is 5.73 Å². The summed E-state index contributed by atoms with van der Waals surface area (Å²) in [6.45, 7) is 4.48. The Bertz CT molecular complexity index is 297. The van der Waals surface area contributed by atoms with Gasteiger partial charge in [-0.05, 0) is 37.1 Å². The van der Waals surface area contributed by atoms with Crippen LogP contribution in [0.25, 0.3) is 0 Å². The number of likely N-dealkylation sites (tertiary alicyclic amines) is 1. The lowest BCUT2D eigenvalue weighted by atomic mass is 10.0. The van der Waals surface area contributed by atoms with E-state index in [0.717, 1.165) is 19.5 Å². The molecular formula is C12H19N3. The molecule has 1 aliphatic rings. The Balaban J connectivity index is 2.17. The number of nitrogens with two attached hydrogens (primary N) is 1. The molecule has 1 saturated heterocycles. The third-order valence-electron chi connectivity index (χ3n) is 3.11. The Morgan fingerprint density at radius 3 is 2.87 bits per heavy atom. The van der Waals surface area contributed by atoms with Gasteiger partial charge in [0.2, 0.25) is 0 Å². The number of nitrogens with zero attached hydrogens (tertiary/aromatic N) is 2. The van der Waals surface area contributed by atoms with Crippen molar-refractivity contribution in [3.8, 4) is 0 Å². The molecule has 2 unspecified atom stereocenters. The predicted molar refractivity (Wildman–Crippen MR) is 61.4 cm³/mol. The van der Waals surface area contributed by atoms with Crippen molar-refractivity contribution in [2.75, 3.05) is 13.1 Å². The zero-order valence-corrected chi connectivity index (χ0v) is 9.26. The standard InChI is InChI=1S/C12H19N3/c1-2-8-15-9-5-11(13)12(15)10-3-6-14-7-4-10/h3-4,6-7,11-12H,2,5,8-9,13H2,1H3. The van der Waals surface area contributed by atoms with Crippen LogP contribution in [-0.2, 0) is 0 Å². The van der Waals surface area contributed by atoms with Gasteiger partial charge in [-0.15, -0.1) is 0 Å². The van der Waals surface area contributed by atoms with E-state index in [-0.39, 0.29) is 6.04 Å². The third kappa shape index (κ3) is 2.19. The van der Waals surface area contributed by atoms with Gasteiger partial charge >= 0.3 is 0 Å². The van der Waals surface area contributed by atoms with E-state index >= 15 is 0 Å². The second-order valence-electron chi connectivity index (χ2n) is 4.21. The topological polar surface area (TPSA) is 42.1 Å². The minimum atomic E-state index is 0.277. The number of pyridine rings is 1. The second-order valence-corrected chi connectivity index (χ2v) is 4.21. The van der Waals surface area contributed by atoms with Crippen molar-refractivity contribution in [1.29, 1.82) is 0 Å². The summed E-state index contributed by atoms with van der Waals surface area (Å²) in [4.78, 5) is 6.54. The summed E-state index contributed by atoms with van der Waals surface area (Å²) in [5.74, 6) is 0. The Hall–Kier alpha value is -0.930. The highest BCUT2D eigenvalue weighted by molar-refractivity contribution is 5.19. The van der Waals surface area contributed by atoms with Gasteiger partial charge in [0, 0.05) is 25.0 Å². The molecule has 82 valence electrons. The van der Waals surface area contributed by atoms with Gasteiger partial charge in [0.05, 0.1) is 6.04 Å². The zero-order valence-electron chi connectivity index (χ0n) is 9.26. The van der Waals surface area contributed by atoms with Gasteiger partial charge in [0.1, 0.15) is 0 Å². The molecule has 0 aromatic carbocycles. The van der Waals surface area contributed by atoms with Crippen LogP contribution in [0.15, 0.2) is 24.5 Å². The first-order valence-corrected chi connectivity index (χ1v) is 5.72. The van der Waals surface area contributed by atoms with E-state index in [1.165, 1.54) is 12.0 Å². The summed E-state index contributed by atoms with van der Waals surface area (Å²) in [6, 6.07) is 4.84. The smallest absolute Gasteiger partial charge is 0.0500 e. The first-order valence-electron chi connectivity index (χ1n) is 5.72. The molecule has 2 rings (SSSR count). The summed E-state index contributed by atoms with van der Waals surface area (Å²) in [6.07, 6.45) is 6.00. The fraction of sp³-hybridized carbons (Fsp3) is 0.583. The van der Waals surface area contributed by atoms with Crippen LogP contribution < -0.4 is 5.73 Å². The lowest BCUT2D eigenvalue weighted by Gasteiger charge is -2.26. The van der Waals surface area contributed by atoms with Crippen LogP contribution in [0, 0.1) is 0 Å². The number of hydrogen-bond donors (Lipinski definition) is 1. The van der Waals surface area contributed by atoms with Crippen molar-refractivity contribution in [1.82, 2.24) is 9.88 Å². The molecule has 0 aliphatic carbocycles. The lowest BCUT2D eigenvalue weighted by molar-refractivity contribution is 0.248. The van der Waals surface area contributed by atoms with E-state index in [2.05, 4.69) is 28.9 Å². The van der Waals surface area contributed by atoms with Crippen LogP contribution in [0.2, 0.25) is 0 Å². The van der Waals surface area contributed by atoms with Gasteiger partial charge in [0.15, 0.2) is 0 Å². The van der Waals surface area contributed by atoms with Gasteiger partial charge in [-0.1, -0.05) is 6.92 Å². The molecule has 1 aliphatic heterocycles. The van der Waals surface area contributed by atoms with Crippen molar-refractivity contribution in [3.05, 3.63) is 30.1 Å². The first-order chi connectivity index (χ1) is 7.33. The quantitative estimate of drug-likeness (QED) is 0.814. The fourth-order valence-electron chi connectivity index (χ4n) is 2.44. The number of aromatic nitrogens is 1. The van der Waals surface area contributed by atoms with Gasteiger partial charge in [0.25, 0.3) is 0 Å². The van der Waals surface area contributed by atoms with E-state index in [9.17, 15) is 0 Å². The fourth-order valence-corrected chi connectivity index (χ4v) is 2.44. The molecule has 15 heavy (non-hydrogen) atoms. The van der Waals surface area contributed by atoms with E-state index in [0.29, 0.717) is 6.04 Å². The largest absolute Gasteiger partial charge is 0.326 e. The maximum absolute atomic E-state index is 6.17. The van der Waals surface area contributed by atoms with Crippen LogP contribution >= 0.6 is 0 Å². The minimum absolute atomic E-state index is 0.277. The first kappa shape index (κ1) is 10.6. The van der Waals surface area contributed by atoms with Gasteiger partial charge in [-0.2, -0.15) is 0 Å². The number of rotatable bonds is 3. The van der Waals surface area contributed by atoms with Crippen LogP contribution in [0.1, 0.15) is 31.4 Å². The summed E-state index contributed by atoms with van der Waals surface area (Å²) in [7, 11) is 0. The zero-order chi connectivity index (χ0) is 10.7. The highest BCUT2D eigenvalue weighted by Gasteiger charge is 2.31. The van der Waals surface area contributed by atoms with Gasteiger partial charge in [-0.3, -0.25) is 9.88 Å². The highest BCUT2D eigenvalue weighted by atomic mass is 15.2. The molecule has 3 nitrogen and oxygen atoms in total. The Morgan fingerprint density at radius 2 is 2.20 bits per heavy atom. The van der Waals surface area contributed by atoms with Crippen molar-refractivity contribution >= 4 is 0 Å². The molecule has 2 heterocycles. The summed E-state index contributed by atoms with van der Waals surface area (Å²) in [5.41, 5.74) is 7.48. The lowest BCUT2D eigenvalue weighted by Crippen LogP contribution is -2.32. The molecule has 3 heteroatoms. The molecule has 0 bridgehead atoms. The maximum atomic E-state index is 6.17. The molecule has 2 atom stereocenters. The molecule has 1 fully saturated rings. The summed E-state index contributed by atoms with van der Waals surface area (Å²) < 4.78 is 0. The molecule has 1 aromatic heterocycles. The van der Waals surface area contributed by atoms with Crippen LogP contribution in [0.4, 0.5) is 0 Å². The van der Waals surface area contributed by atoms with E-state index in [1.807, 2.05) is 12.4 Å². The normalized spacial score (nSPS) is 27.1. The molecule has 0 amide bonds. The van der Waals surface area contributed by atoms with Crippen molar-refractivity contribution in [3.63, 3.8) is 0 Å². The Kier molecular flexibility index (Phi) is 3.34. The van der Waals surface area contributed by atoms with E-state index in [4.69, 9.17) is 5.73 Å². The number of hydrogen-bond acceptors (Lipinski definition) is 3. The summed E-state index contributed by atoms with van der Waals surface area (Å²) >= 11 is 0. The predicted octanol–water partition coefficient (Wildman–Crippen LogP) is 1.57. The molecule has 0 spiro atoms. The monoisotopic (exact) mass is 205 g/mol. The molecule has 0 radical (unpaired) electrons. The van der Waals surface area contributed by atoms with Crippen LogP contribution in [0.5, 0.6) is 0 Å². The van der Waals surface area contributed by atoms with E-state index in [1.54, 1.807) is 0 Å². The van der Waals surface area contributed by atoms with Crippen LogP contribution in [0.3, 0.4) is 0 Å². The second kappa shape index (κ2) is 4.73. The average molecular weight is 205 g/mol. The Labute approximate surface area is 91.3 Å². The molecule has 0 saturated carbocycles. The average Bonchev–Trinajstić information content (AvgIpc) is 2.62. The van der Waals surface area contributed by atoms with Crippen molar-refractivity contribution in [2.45, 2.75) is 31.8 Å². The Morgan fingerprint density at radius 1 is 1.47 bits per heavy atom. The maximum Gasteiger partial charge on any atom is 0.0500 e. The van der Waals surface area contributed by atoms with Gasteiger partial charge in [-0.25, -0.2) is 0 Å².